The van der Waals surface area contributed by atoms with Gasteiger partial charge in [0, 0.05) is 18.6 Å². The monoisotopic (exact) mass is 257 g/mol. The molecule has 0 N–H and O–H groups in total. The van der Waals surface area contributed by atoms with E-state index in [9.17, 15) is 4.79 Å². The van der Waals surface area contributed by atoms with Crippen LogP contribution in [-0.2, 0) is 6.54 Å². The van der Waals surface area contributed by atoms with Crippen molar-refractivity contribution in [3.05, 3.63) is 53.0 Å². The molecule has 7 nitrogen and oxygen atoms in total. The second-order valence-corrected chi connectivity index (χ2v) is 3.90. The highest BCUT2D eigenvalue weighted by atomic mass is 16.5. The van der Waals surface area contributed by atoms with Crippen LogP contribution in [0.5, 0.6) is 5.75 Å². The van der Waals surface area contributed by atoms with Crippen molar-refractivity contribution in [1.82, 2.24) is 24.1 Å². The molecular formula is C12H11N5O2. The third kappa shape index (κ3) is 2.05. The number of fused-ring (bicyclic) bond motifs is 1. The molecule has 3 aromatic rings. The molecule has 0 amide bonds. The third-order valence-electron chi connectivity index (χ3n) is 2.68. The second-order valence-electron chi connectivity index (χ2n) is 3.90. The molecule has 0 atom stereocenters. The Morgan fingerprint density at radius 2 is 2.21 bits per heavy atom. The van der Waals surface area contributed by atoms with Gasteiger partial charge >= 0.3 is 0 Å². The highest BCUT2D eigenvalue weighted by molar-refractivity contribution is 5.25. The Kier molecular flexibility index (Phi) is 2.71. The maximum Gasteiger partial charge on any atom is 0.293 e. The number of hydrogen-bond donors (Lipinski definition) is 0. The van der Waals surface area contributed by atoms with Gasteiger partial charge in [-0.2, -0.15) is 4.98 Å². The summed E-state index contributed by atoms with van der Waals surface area (Å²) in [5, 5.41) is 4.25. The van der Waals surface area contributed by atoms with Gasteiger partial charge < -0.3 is 9.30 Å². The fourth-order valence-corrected chi connectivity index (χ4v) is 1.79. The summed E-state index contributed by atoms with van der Waals surface area (Å²) in [5.41, 5.74) is -0.211. The van der Waals surface area contributed by atoms with Gasteiger partial charge in [0.05, 0.1) is 13.7 Å². The van der Waals surface area contributed by atoms with Gasteiger partial charge in [0.1, 0.15) is 0 Å². The van der Waals surface area contributed by atoms with E-state index in [1.807, 2.05) is 0 Å². The van der Waals surface area contributed by atoms with Crippen molar-refractivity contribution in [3.8, 4) is 5.75 Å². The molecule has 0 unspecified atom stereocenters. The average molecular weight is 257 g/mol. The minimum absolute atomic E-state index is 0.211. The first-order valence-corrected chi connectivity index (χ1v) is 5.67. The molecular weight excluding hydrogens is 246 g/mol. The van der Waals surface area contributed by atoms with Crippen molar-refractivity contribution in [3.63, 3.8) is 0 Å². The topological polar surface area (TPSA) is 74.3 Å². The van der Waals surface area contributed by atoms with Crippen LogP contribution in [0, 0.1) is 0 Å². The van der Waals surface area contributed by atoms with E-state index in [-0.39, 0.29) is 12.1 Å². The van der Waals surface area contributed by atoms with Crippen molar-refractivity contribution >= 4 is 5.78 Å². The Morgan fingerprint density at radius 1 is 1.32 bits per heavy atom. The molecule has 0 aromatic carbocycles. The molecule has 0 saturated carbocycles. The lowest BCUT2D eigenvalue weighted by molar-refractivity contribution is 0.403. The molecule has 0 saturated heterocycles. The lowest BCUT2D eigenvalue weighted by Gasteiger charge is -2.04. The maximum absolute atomic E-state index is 12.0. The van der Waals surface area contributed by atoms with E-state index in [1.54, 1.807) is 41.3 Å². The summed E-state index contributed by atoms with van der Waals surface area (Å²) in [6, 6.07) is 5.13. The van der Waals surface area contributed by atoms with Gasteiger partial charge in [-0.1, -0.05) is 0 Å². The minimum Gasteiger partial charge on any atom is -0.491 e. The lowest BCUT2D eigenvalue weighted by Crippen LogP contribution is -2.21. The van der Waals surface area contributed by atoms with Gasteiger partial charge in [-0.05, 0) is 18.2 Å². The minimum atomic E-state index is -0.211. The normalized spacial score (nSPS) is 10.8. The Bertz CT molecular complexity index is 744. The van der Waals surface area contributed by atoms with E-state index < -0.39 is 0 Å². The number of pyridine rings is 1. The van der Waals surface area contributed by atoms with Crippen LogP contribution in [0.4, 0.5) is 0 Å². The summed E-state index contributed by atoms with van der Waals surface area (Å²) < 4.78 is 8.05. The van der Waals surface area contributed by atoms with E-state index in [1.165, 1.54) is 11.7 Å². The Morgan fingerprint density at radius 3 is 3.00 bits per heavy atom. The molecule has 7 heteroatoms. The second kappa shape index (κ2) is 4.52. The van der Waals surface area contributed by atoms with Gasteiger partial charge in [0.2, 0.25) is 0 Å². The first-order valence-electron chi connectivity index (χ1n) is 5.67. The predicted molar refractivity (Wildman–Crippen MR) is 67.1 cm³/mol. The van der Waals surface area contributed by atoms with Crippen LogP contribution in [0.1, 0.15) is 5.82 Å². The van der Waals surface area contributed by atoms with Gasteiger partial charge in [-0.25, -0.2) is 9.50 Å². The van der Waals surface area contributed by atoms with Crippen LogP contribution in [0.25, 0.3) is 5.78 Å². The highest BCUT2D eigenvalue weighted by Gasteiger charge is 2.08. The first-order chi connectivity index (χ1) is 9.28. The standard InChI is InChI=1S/C12H11N5O2/c1-19-9-4-2-6-16(11(9)18)8-10-14-12-13-5-3-7-17(12)15-10/h2-7H,8H2,1H3. The van der Waals surface area contributed by atoms with E-state index in [0.29, 0.717) is 17.4 Å². The molecule has 0 aliphatic carbocycles. The summed E-state index contributed by atoms with van der Waals surface area (Å²) in [4.78, 5) is 20.3. The van der Waals surface area contributed by atoms with Crippen molar-refractivity contribution in [2.24, 2.45) is 0 Å². The first kappa shape index (κ1) is 11.4. The summed E-state index contributed by atoms with van der Waals surface area (Å²) in [6.07, 6.45) is 5.07. The smallest absolute Gasteiger partial charge is 0.293 e. The van der Waals surface area contributed by atoms with Crippen LogP contribution in [-0.4, -0.2) is 31.3 Å². The molecule has 0 radical (unpaired) electrons. The molecule has 0 aliphatic rings. The van der Waals surface area contributed by atoms with Gasteiger partial charge in [-0.3, -0.25) is 4.79 Å². The van der Waals surface area contributed by atoms with Crippen molar-refractivity contribution in [2.45, 2.75) is 6.54 Å². The Balaban J connectivity index is 1.99. The number of ether oxygens (including phenoxy) is 1. The van der Waals surface area contributed by atoms with Gasteiger partial charge in [-0.15, -0.1) is 5.10 Å². The molecule has 3 aromatic heterocycles. The van der Waals surface area contributed by atoms with E-state index in [4.69, 9.17) is 4.74 Å². The van der Waals surface area contributed by atoms with E-state index in [0.717, 1.165) is 0 Å². The van der Waals surface area contributed by atoms with Crippen molar-refractivity contribution in [2.75, 3.05) is 7.11 Å². The van der Waals surface area contributed by atoms with Crippen molar-refractivity contribution < 1.29 is 4.74 Å². The number of methoxy groups -OCH3 is 1. The third-order valence-corrected chi connectivity index (χ3v) is 2.68. The molecule has 0 fully saturated rings. The zero-order valence-corrected chi connectivity index (χ0v) is 10.2. The SMILES string of the molecule is COc1cccn(Cc2nc3ncccn3n2)c1=O. The van der Waals surface area contributed by atoms with Crippen LogP contribution < -0.4 is 10.3 Å². The number of rotatable bonds is 3. The van der Waals surface area contributed by atoms with Crippen molar-refractivity contribution in [1.29, 1.82) is 0 Å². The Hall–Kier alpha value is -2.70. The van der Waals surface area contributed by atoms with Crippen LogP contribution >= 0.6 is 0 Å². The lowest BCUT2D eigenvalue weighted by atomic mass is 10.4. The molecule has 0 spiro atoms. The van der Waals surface area contributed by atoms with Gasteiger partial charge in [0.25, 0.3) is 11.3 Å². The fraction of sp³-hybridized carbons (Fsp3) is 0.167. The van der Waals surface area contributed by atoms with Gasteiger partial charge in [0.15, 0.2) is 11.6 Å². The molecule has 3 heterocycles. The van der Waals surface area contributed by atoms with Crippen LogP contribution in [0.15, 0.2) is 41.6 Å². The number of hydrogen-bond acceptors (Lipinski definition) is 5. The molecule has 0 bridgehead atoms. The summed E-state index contributed by atoms with van der Waals surface area (Å²) >= 11 is 0. The number of nitrogens with zero attached hydrogens (tertiary/aromatic N) is 5. The zero-order valence-electron chi connectivity index (χ0n) is 10.2. The van der Waals surface area contributed by atoms with Crippen LogP contribution in [0.3, 0.4) is 0 Å². The quantitative estimate of drug-likeness (QED) is 0.676. The highest BCUT2D eigenvalue weighted by Crippen LogP contribution is 2.03. The summed E-state index contributed by atoms with van der Waals surface area (Å²) in [6.45, 7) is 0.277. The average Bonchev–Trinajstić information content (AvgIpc) is 2.83. The summed E-state index contributed by atoms with van der Waals surface area (Å²) in [7, 11) is 1.47. The van der Waals surface area contributed by atoms with E-state index in [2.05, 4.69) is 15.1 Å². The largest absolute Gasteiger partial charge is 0.491 e. The predicted octanol–water partition coefficient (Wildman–Crippen LogP) is 0.343. The zero-order chi connectivity index (χ0) is 13.2. The van der Waals surface area contributed by atoms with E-state index >= 15 is 0 Å². The molecule has 3 rings (SSSR count). The Labute approximate surface area is 108 Å². The molecule has 19 heavy (non-hydrogen) atoms. The molecule has 0 aliphatic heterocycles. The number of aromatic nitrogens is 5. The maximum atomic E-state index is 12.0. The fourth-order valence-electron chi connectivity index (χ4n) is 1.79. The summed E-state index contributed by atoms with van der Waals surface area (Å²) in [5.74, 6) is 1.33. The van der Waals surface area contributed by atoms with Crippen LogP contribution in [0.2, 0.25) is 0 Å². The molecule has 96 valence electrons.